The van der Waals surface area contributed by atoms with Crippen LogP contribution in [0.25, 0.3) is 0 Å². The normalized spacial score (nSPS) is 25.7. The van der Waals surface area contributed by atoms with Gasteiger partial charge >= 0.3 is 128 Å². The predicted octanol–water partition coefficient (Wildman–Crippen LogP) is 3.48. The number of unbranched alkanes of at least 4 members (excludes halogenated alkanes) is 1. The van der Waals surface area contributed by atoms with Crippen molar-refractivity contribution in [3.8, 4) is 0 Å². The van der Waals surface area contributed by atoms with Crippen LogP contribution in [0, 0.1) is 0 Å². The first-order valence-corrected chi connectivity index (χ1v) is 9.48. The zero-order valence-corrected chi connectivity index (χ0v) is 14.1. The van der Waals surface area contributed by atoms with Crippen LogP contribution in [0.15, 0.2) is 30.3 Å². The van der Waals surface area contributed by atoms with Gasteiger partial charge in [-0.1, -0.05) is 0 Å². The van der Waals surface area contributed by atoms with Gasteiger partial charge in [-0.05, 0) is 0 Å². The number of benzene rings is 1. The zero-order chi connectivity index (χ0) is 14.4. The number of ether oxygens (including phenoxy) is 1. The second-order valence-corrected chi connectivity index (χ2v) is 8.26. The van der Waals surface area contributed by atoms with Gasteiger partial charge < -0.3 is 0 Å². The van der Waals surface area contributed by atoms with E-state index in [1.807, 2.05) is 18.2 Å². The van der Waals surface area contributed by atoms with Gasteiger partial charge in [-0.2, -0.15) is 0 Å². The molecule has 0 saturated carbocycles. The van der Waals surface area contributed by atoms with Gasteiger partial charge in [0, 0.05) is 0 Å². The third-order valence-electron chi connectivity index (χ3n) is 3.85. The summed E-state index contributed by atoms with van der Waals surface area (Å²) in [5, 5.41) is 0. The summed E-state index contributed by atoms with van der Waals surface area (Å²) in [7, 11) is 0. The Morgan fingerprint density at radius 1 is 1.20 bits per heavy atom. The third-order valence-corrected chi connectivity index (χ3v) is 6.34. The summed E-state index contributed by atoms with van der Waals surface area (Å²) < 4.78 is 7.15. The van der Waals surface area contributed by atoms with Gasteiger partial charge in [0.05, 0.1) is 0 Å². The van der Waals surface area contributed by atoms with Crippen molar-refractivity contribution in [3.63, 3.8) is 0 Å². The summed E-state index contributed by atoms with van der Waals surface area (Å²) in [6, 6.07) is 10.4. The van der Waals surface area contributed by atoms with Crippen LogP contribution in [-0.2, 0) is 9.53 Å². The first-order chi connectivity index (χ1) is 9.69. The van der Waals surface area contributed by atoms with Crippen molar-refractivity contribution < 1.29 is 9.53 Å². The first-order valence-electron chi connectivity index (χ1n) is 7.63. The number of esters is 1. The molecule has 1 fully saturated rings. The van der Waals surface area contributed by atoms with E-state index >= 15 is 0 Å². The van der Waals surface area contributed by atoms with E-state index in [4.69, 9.17) is 4.74 Å². The molecule has 2 atom stereocenters. The van der Waals surface area contributed by atoms with Crippen LogP contribution in [0.1, 0.15) is 52.4 Å². The summed E-state index contributed by atoms with van der Waals surface area (Å²) in [5.74, 6) is 0.0402. The van der Waals surface area contributed by atoms with Gasteiger partial charge in [0.25, 0.3) is 0 Å². The van der Waals surface area contributed by atoms with Gasteiger partial charge in [-0.25, -0.2) is 0 Å². The van der Waals surface area contributed by atoms with Crippen LogP contribution in [-0.4, -0.2) is 26.5 Å². The summed E-state index contributed by atoms with van der Waals surface area (Å²) in [6.45, 7) is 4.37. The molecule has 1 heterocycles. The number of cyclic esters (lactones) is 1. The molecular formula is C17H24O2Se. The molecule has 0 radical (unpaired) electrons. The van der Waals surface area contributed by atoms with Crippen LogP contribution >= 0.6 is 0 Å². The molecule has 1 aliphatic heterocycles. The molecule has 1 aliphatic rings. The molecule has 2 unspecified atom stereocenters. The molecule has 2 nitrogen and oxygen atoms in total. The van der Waals surface area contributed by atoms with E-state index in [1.54, 1.807) is 0 Å². The monoisotopic (exact) mass is 340 g/mol. The minimum atomic E-state index is -0.164. The summed E-state index contributed by atoms with van der Waals surface area (Å²) in [5.41, 5.74) is -0.164. The SMILES string of the molecule is CCCCC1(CCC)CC([Se]c2ccccc2)C(=O)O1. The van der Waals surface area contributed by atoms with E-state index in [-0.39, 0.29) is 31.3 Å². The fourth-order valence-electron chi connectivity index (χ4n) is 2.88. The van der Waals surface area contributed by atoms with Crippen molar-refractivity contribution in [2.45, 2.75) is 62.8 Å². The van der Waals surface area contributed by atoms with Gasteiger partial charge in [0.1, 0.15) is 0 Å². The quantitative estimate of drug-likeness (QED) is 0.562. The Morgan fingerprint density at radius 2 is 1.95 bits per heavy atom. The predicted molar refractivity (Wildman–Crippen MR) is 83.5 cm³/mol. The fourth-order valence-corrected chi connectivity index (χ4v) is 5.34. The second kappa shape index (κ2) is 7.28. The maximum absolute atomic E-state index is 12.2. The van der Waals surface area contributed by atoms with Gasteiger partial charge in [0.15, 0.2) is 0 Å². The summed E-state index contributed by atoms with van der Waals surface area (Å²) in [6.07, 6.45) is 6.37. The van der Waals surface area contributed by atoms with E-state index < -0.39 is 0 Å². The van der Waals surface area contributed by atoms with Crippen molar-refractivity contribution in [2.75, 3.05) is 0 Å². The molecule has 0 aliphatic carbocycles. The molecule has 3 heteroatoms. The molecule has 20 heavy (non-hydrogen) atoms. The molecular weight excluding hydrogens is 315 g/mol. The maximum atomic E-state index is 12.2. The topological polar surface area (TPSA) is 26.3 Å². The van der Waals surface area contributed by atoms with Crippen molar-refractivity contribution in [1.29, 1.82) is 0 Å². The molecule has 1 aromatic rings. The number of rotatable bonds is 7. The molecule has 110 valence electrons. The number of hydrogen-bond donors (Lipinski definition) is 0. The van der Waals surface area contributed by atoms with Crippen LogP contribution in [0.3, 0.4) is 0 Å². The van der Waals surface area contributed by atoms with Gasteiger partial charge in [0.2, 0.25) is 0 Å². The van der Waals surface area contributed by atoms with Gasteiger partial charge in [-0.15, -0.1) is 0 Å². The molecule has 0 aromatic heterocycles. The standard InChI is InChI=1S/C17H24O2Se/c1-3-5-12-17(11-4-2)13-15(16(18)19-17)20-14-9-7-6-8-10-14/h6-10,15H,3-5,11-13H2,1-2H3. The molecule has 0 spiro atoms. The average molecular weight is 339 g/mol. The average Bonchev–Trinajstić information content (AvgIpc) is 2.75. The Kier molecular flexibility index (Phi) is 5.68. The van der Waals surface area contributed by atoms with E-state index in [2.05, 4.69) is 26.0 Å². The molecule has 1 saturated heterocycles. The number of carbonyl (C=O) groups excluding carboxylic acids is 1. The minimum absolute atomic E-state index is 0.0402. The molecule has 1 aromatic carbocycles. The molecule has 0 N–H and O–H groups in total. The fraction of sp³-hybridized carbons (Fsp3) is 0.588. The second-order valence-electron chi connectivity index (χ2n) is 5.58. The van der Waals surface area contributed by atoms with Crippen molar-refractivity contribution in [1.82, 2.24) is 0 Å². The Morgan fingerprint density at radius 3 is 2.60 bits per heavy atom. The van der Waals surface area contributed by atoms with Crippen LogP contribution in [0.4, 0.5) is 0 Å². The van der Waals surface area contributed by atoms with Crippen LogP contribution in [0.2, 0.25) is 4.82 Å². The van der Waals surface area contributed by atoms with Crippen molar-refractivity contribution in [2.24, 2.45) is 0 Å². The van der Waals surface area contributed by atoms with E-state index in [0.717, 1.165) is 38.5 Å². The van der Waals surface area contributed by atoms with Crippen molar-refractivity contribution in [3.05, 3.63) is 30.3 Å². The van der Waals surface area contributed by atoms with E-state index in [0.29, 0.717) is 0 Å². The Labute approximate surface area is 128 Å². The summed E-state index contributed by atoms with van der Waals surface area (Å²) >= 11 is 0.194. The number of carbonyl (C=O) groups is 1. The third kappa shape index (κ3) is 3.86. The molecule has 2 rings (SSSR count). The molecule has 0 bridgehead atoms. The van der Waals surface area contributed by atoms with E-state index in [1.165, 1.54) is 4.46 Å². The Bertz CT molecular complexity index is 432. The summed E-state index contributed by atoms with van der Waals surface area (Å²) in [4.78, 5) is 12.3. The van der Waals surface area contributed by atoms with Crippen LogP contribution in [0.5, 0.6) is 0 Å². The molecule has 0 amide bonds. The van der Waals surface area contributed by atoms with Gasteiger partial charge in [-0.3, -0.25) is 0 Å². The van der Waals surface area contributed by atoms with Crippen molar-refractivity contribution >= 4 is 25.4 Å². The first kappa shape index (κ1) is 15.6. The zero-order valence-electron chi connectivity index (χ0n) is 12.4. The Hall–Kier alpha value is -0.791. The van der Waals surface area contributed by atoms with E-state index in [9.17, 15) is 4.79 Å². The van der Waals surface area contributed by atoms with Crippen LogP contribution < -0.4 is 4.46 Å². The Balaban J connectivity index is 2.03. The number of hydrogen-bond acceptors (Lipinski definition) is 2.